The predicted octanol–water partition coefficient (Wildman–Crippen LogP) is 3.05. The molecule has 2 aromatic carbocycles. The molecule has 0 unspecified atom stereocenters. The van der Waals surface area contributed by atoms with E-state index in [1.54, 1.807) is 13.2 Å². The zero-order valence-electron chi connectivity index (χ0n) is 18.3. The Morgan fingerprint density at radius 3 is 2.41 bits per heavy atom. The number of aryl methyl sites for hydroxylation is 1. The molecule has 0 N–H and O–H groups in total. The van der Waals surface area contributed by atoms with Crippen LogP contribution in [0.25, 0.3) is 11.3 Å². The van der Waals surface area contributed by atoms with Gasteiger partial charge in [-0.05, 0) is 24.6 Å². The van der Waals surface area contributed by atoms with Crippen molar-refractivity contribution in [1.82, 2.24) is 14.7 Å². The van der Waals surface area contributed by atoms with E-state index in [1.165, 1.54) is 10.7 Å². The summed E-state index contributed by atoms with van der Waals surface area (Å²) in [6.45, 7) is 3.32. The molecule has 0 bridgehead atoms. The molecule has 166 valence electrons. The van der Waals surface area contributed by atoms with Gasteiger partial charge in [-0.25, -0.2) is 4.68 Å². The van der Waals surface area contributed by atoms with Gasteiger partial charge in [0.15, 0.2) is 0 Å². The van der Waals surface area contributed by atoms with Crippen LogP contribution in [0.1, 0.15) is 12.8 Å². The van der Waals surface area contributed by atoms with Gasteiger partial charge in [-0.1, -0.05) is 42.5 Å². The van der Waals surface area contributed by atoms with E-state index < -0.39 is 0 Å². The summed E-state index contributed by atoms with van der Waals surface area (Å²) in [5.74, 6) is 0.972. The number of nitrogens with zero attached hydrogens (tertiary/aromatic N) is 4. The summed E-state index contributed by atoms with van der Waals surface area (Å²) in [7, 11) is 1.67. The van der Waals surface area contributed by atoms with Crippen LogP contribution in [0.3, 0.4) is 0 Å². The molecule has 32 heavy (non-hydrogen) atoms. The van der Waals surface area contributed by atoms with Gasteiger partial charge >= 0.3 is 0 Å². The Bertz CT molecular complexity index is 1110. The molecule has 0 radical (unpaired) electrons. The van der Waals surface area contributed by atoms with Gasteiger partial charge in [0.05, 0.1) is 18.5 Å². The average molecular weight is 433 g/mol. The van der Waals surface area contributed by atoms with E-state index in [-0.39, 0.29) is 11.5 Å². The summed E-state index contributed by atoms with van der Waals surface area (Å²) in [6, 6.07) is 21.0. The van der Waals surface area contributed by atoms with E-state index in [2.05, 4.69) is 10.00 Å². The van der Waals surface area contributed by atoms with E-state index >= 15 is 0 Å². The van der Waals surface area contributed by atoms with Crippen LogP contribution in [0.4, 0.5) is 5.69 Å². The molecule has 1 aliphatic rings. The fraction of sp³-hybridized carbons (Fsp3) is 0.320. The number of carbonyl (C=O) groups is 1. The molecule has 7 heteroatoms. The number of piperazine rings is 1. The van der Waals surface area contributed by atoms with Crippen molar-refractivity contribution in [3.8, 4) is 17.0 Å². The third-order valence-electron chi connectivity index (χ3n) is 5.75. The van der Waals surface area contributed by atoms with E-state index in [0.717, 1.165) is 35.8 Å². The topological polar surface area (TPSA) is 67.7 Å². The Morgan fingerprint density at radius 1 is 0.938 bits per heavy atom. The number of carbonyl (C=O) groups excluding carboxylic acids is 1. The first-order valence-corrected chi connectivity index (χ1v) is 10.9. The maximum absolute atomic E-state index is 12.7. The molecular formula is C25H28N4O3. The summed E-state index contributed by atoms with van der Waals surface area (Å²) in [4.78, 5) is 29.1. The Labute approximate surface area is 187 Å². The standard InChI is InChI=1S/C25H28N4O3/c1-32-23-11-6-5-10-22(23)27-16-18-28(19-17-27)24(30)12-7-15-29-25(31)14-13-21(26-29)20-8-3-2-4-9-20/h2-6,8-11,13-14H,7,12,15-19H2,1H3. The lowest BCUT2D eigenvalue weighted by Gasteiger charge is -2.36. The maximum atomic E-state index is 12.7. The fourth-order valence-electron chi connectivity index (χ4n) is 4.00. The number of methoxy groups -OCH3 is 1. The Hall–Kier alpha value is -3.61. The van der Waals surface area contributed by atoms with Crippen LogP contribution in [0.2, 0.25) is 0 Å². The minimum Gasteiger partial charge on any atom is -0.495 e. The van der Waals surface area contributed by atoms with Crippen molar-refractivity contribution in [2.45, 2.75) is 19.4 Å². The van der Waals surface area contributed by atoms with Crippen molar-refractivity contribution >= 4 is 11.6 Å². The van der Waals surface area contributed by atoms with Crippen molar-refractivity contribution in [2.24, 2.45) is 0 Å². The van der Waals surface area contributed by atoms with Gasteiger partial charge in [0.1, 0.15) is 5.75 Å². The molecule has 0 saturated carbocycles. The second-order valence-electron chi connectivity index (χ2n) is 7.79. The third-order valence-corrected chi connectivity index (χ3v) is 5.75. The largest absolute Gasteiger partial charge is 0.495 e. The molecule has 1 amide bonds. The highest BCUT2D eigenvalue weighted by atomic mass is 16.5. The van der Waals surface area contributed by atoms with Crippen molar-refractivity contribution in [2.75, 3.05) is 38.2 Å². The van der Waals surface area contributed by atoms with E-state index in [9.17, 15) is 9.59 Å². The number of hydrogen-bond acceptors (Lipinski definition) is 5. The molecule has 1 fully saturated rings. The van der Waals surface area contributed by atoms with Gasteiger partial charge < -0.3 is 14.5 Å². The molecule has 0 aliphatic carbocycles. The summed E-state index contributed by atoms with van der Waals surface area (Å²) < 4.78 is 6.91. The fourth-order valence-corrected chi connectivity index (χ4v) is 4.00. The molecule has 0 spiro atoms. The molecule has 1 aliphatic heterocycles. The molecule has 1 saturated heterocycles. The Balaban J connectivity index is 1.29. The van der Waals surface area contributed by atoms with Gasteiger partial charge in [-0.2, -0.15) is 5.10 Å². The van der Waals surface area contributed by atoms with Crippen LogP contribution in [0, 0.1) is 0 Å². The highest BCUT2D eigenvalue weighted by Crippen LogP contribution is 2.28. The lowest BCUT2D eigenvalue weighted by atomic mass is 10.1. The maximum Gasteiger partial charge on any atom is 0.266 e. The summed E-state index contributed by atoms with van der Waals surface area (Å²) in [6.07, 6.45) is 0.981. The summed E-state index contributed by atoms with van der Waals surface area (Å²) in [5, 5.41) is 4.47. The van der Waals surface area contributed by atoms with Crippen molar-refractivity contribution < 1.29 is 9.53 Å². The number of benzene rings is 2. The smallest absolute Gasteiger partial charge is 0.266 e. The van der Waals surface area contributed by atoms with E-state index in [4.69, 9.17) is 4.74 Å². The average Bonchev–Trinajstić information content (AvgIpc) is 2.85. The van der Waals surface area contributed by atoms with Crippen LogP contribution >= 0.6 is 0 Å². The number of amides is 1. The van der Waals surface area contributed by atoms with E-state index in [0.29, 0.717) is 32.5 Å². The number of rotatable bonds is 7. The van der Waals surface area contributed by atoms with Crippen molar-refractivity contribution in [1.29, 1.82) is 0 Å². The molecule has 2 heterocycles. The summed E-state index contributed by atoms with van der Waals surface area (Å²) >= 11 is 0. The highest BCUT2D eigenvalue weighted by Gasteiger charge is 2.22. The first kappa shape index (κ1) is 21.6. The molecule has 3 aromatic rings. The number of para-hydroxylation sites is 2. The third kappa shape index (κ3) is 4.99. The van der Waals surface area contributed by atoms with Crippen molar-refractivity contribution in [3.63, 3.8) is 0 Å². The summed E-state index contributed by atoms with van der Waals surface area (Å²) in [5.41, 5.74) is 2.63. The molecule has 1 aromatic heterocycles. The number of hydrogen-bond donors (Lipinski definition) is 0. The zero-order valence-corrected chi connectivity index (χ0v) is 18.3. The van der Waals surface area contributed by atoms with E-state index in [1.807, 2.05) is 59.5 Å². The SMILES string of the molecule is COc1ccccc1N1CCN(C(=O)CCCn2nc(-c3ccccc3)ccc2=O)CC1. The number of aromatic nitrogens is 2. The minimum absolute atomic E-state index is 0.122. The van der Waals surface area contributed by atoms with Crippen LogP contribution in [-0.2, 0) is 11.3 Å². The monoisotopic (exact) mass is 432 g/mol. The molecule has 0 atom stereocenters. The first-order chi connectivity index (χ1) is 15.7. The quantitative estimate of drug-likeness (QED) is 0.574. The van der Waals surface area contributed by atoms with Crippen LogP contribution in [0.15, 0.2) is 71.5 Å². The second kappa shape index (κ2) is 10.1. The lowest BCUT2D eigenvalue weighted by Crippen LogP contribution is -2.48. The molecular weight excluding hydrogens is 404 g/mol. The number of ether oxygens (including phenoxy) is 1. The zero-order chi connectivity index (χ0) is 22.3. The lowest BCUT2D eigenvalue weighted by molar-refractivity contribution is -0.131. The van der Waals surface area contributed by atoms with Crippen LogP contribution in [-0.4, -0.2) is 53.9 Å². The highest BCUT2D eigenvalue weighted by molar-refractivity contribution is 5.76. The predicted molar refractivity (Wildman–Crippen MR) is 125 cm³/mol. The Kier molecular flexibility index (Phi) is 6.84. The normalized spacial score (nSPS) is 13.8. The number of anilines is 1. The van der Waals surface area contributed by atoms with Crippen LogP contribution < -0.4 is 15.2 Å². The van der Waals surface area contributed by atoms with Gasteiger partial charge in [-0.15, -0.1) is 0 Å². The van der Waals surface area contributed by atoms with Crippen LogP contribution in [0.5, 0.6) is 5.75 Å². The molecule has 7 nitrogen and oxygen atoms in total. The van der Waals surface area contributed by atoms with Gasteiger partial charge in [0.25, 0.3) is 5.56 Å². The van der Waals surface area contributed by atoms with Gasteiger partial charge in [-0.3, -0.25) is 9.59 Å². The Morgan fingerprint density at radius 2 is 1.66 bits per heavy atom. The van der Waals surface area contributed by atoms with Crippen molar-refractivity contribution in [3.05, 3.63) is 77.1 Å². The second-order valence-corrected chi connectivity index (χ2v) is 7.79. The van der Waals surface area contributed by atoms with Gasteiger partial charge in [0, 0.05) is 50.8 Å². The van der Waals surface area contributed by atoms with Gasteiger partial charge in [0.2, 0.25) is 5.91 Å². The molecule has 4 rings (SSSR count). The first-order valence-electron chi connectivity index (χ1n) is 10.9. The minimum atomic E-state index is -0.150.